The molecule has 0 radical (unpaired) electrons. The number of thiazole rings is 1. The van der Waals surface area contributed by atoms with Crippen LogP contribution in [0.25, 0.3) is 21.0 Å². The molecular formula is C25H27N3OS. The minimum Gasteiger partial charge on any atom is -0.309 e. The molecule has 154 valence electrons. The maximum Gasteiger partial charge on any atom is 0.260 e. The van der Waals surface area contributed by atoms with Crippen LogP contribution in [0.3, 0.4) is 0 Å². The summed E-state index contributed by atoms with van der Waals surface area (Å²) in [5, 5.41) is 2.98. The molecule has 1 heterocycles. The number of nitrogens with zero attached hydrogens (tertiary/aromatic N) is 3. The number of rotatable bonds is 6. The van der Waals surface area contributed by atoms with E-state index in [0.29, 0.717) is 12.1 Å². The Kier molecular flexibility index (Phi) is 5.84. The summed E-state index contributed by atoms with van der Waals surface area (Å²) in [6.45, 7) is 5.78. The smallest absolute Gasteiger partial charge is 0.260 e. The molecule has 0 bridgehead atoms. The molecule has 0 saturated carbocycles. The average molecular weight is 418 g/mol. The molecule has 4 nitrogen and oxygen atoms in total. The summed E-state index contributed by atoms with van der Waals surface area (Å²) in [5.74, 6) is 0.00649. The van der Waals surface area contributed by atoms with Crippen molar-refractivity contribution in [3.63, 3.8) is 0 Å². The minimum atomic E-state index is 0.00649. The minimum absolute atomic E-state index is 0.00649. The number of hydrogen-bond acceptors (Lipinski definition) is 4. The summed E-state index contributed by atoms with van der Waals surface area (Å²) in [4.78, 5) is 22.4. The highest BCUT2D eigenvalue weighted by molar-refractivity contribution is 7.22. The van der Waals surface area contributed by atoms with Gasteiger partial charge in [-0.15, -0.1) is 0 Å². The van der Waals surface area contributed by atoms with E-state index >= 15 is 0 Å². The maximum absolute atomic E-state index is 13.6. The lowest BCUT2D eigenvalue weighted by Crippen LogP contribution is -2.33. The van der Waals surface area contributed by atoms with Gasteiger partial charge in [0.15, 0.2) is 5.13 Å². The molecule has 0 fully saturated rings. The standard InChI is InChI=1S/C25H27N3OS/c1-17-14-22-23(15-18(17)2)30-25(26-22)28(13-7-12-27(3)4)24(29)21-11-10-19-8-5-6-9-20(19)16-21/h5-6,8-11,14-16H,7,12-13H2,1-4H3. The van der Waals surface area contributed by atoms with Crippen LogP contribution in [-0.2, 0) is 0 Å². The molecule has 0 aliphatic heterocycles. The number of aromatic nitrogens is 1. The van der Waals surface area contributed by atoms with Crippen LogP contribution in [0, 0.1) is 13.8 Å². The molecule has 0 spiro atoms. The molecule has 0 aliphatic rings. The highest BCUT2D eigenvalue weighted by atomic mass is 32.1. The first-order chi connectivity index (χ1) is 14.4. The summed E-state index contributed by atoms with van der Waals surface area (Å²) in [7, 11) is 4.11. The van der Waals surface area contributed by atoms with Crippen LogP contribution < -0.4 is 4.90 Å². The SMILES string of the molecule is Cc1cc2nc(N(CCCN(C)C)C(=O)c3ccc4ccccc4c3)sc2cc1C. The van der Waals surface area contributed by atoms with Crippen LogP contribution in [0.2, 0.25) is 0 Å². The van der Waals surface area contributed by atoms with Crippen molar-refractivity contribution in [1.82, 2.24) is 9.88 Å². The molecule has 0 saturated heterocycles. The summed E-state index contributed by atoms with van der Waals surface area (Å²) in [6.07, 6.45) is 0.889. The van der Waals surface area contributed by atoms with Crippen molar-refractivity contribution in [2.24, 2.45) is 0 Å². The number of hydrogen-bond donors (Lipinski definition) is 0. The Morgan fingerprint density at radius 1 is 0.933 bits per heavy atom. The monoisotopic (exact) mass is 417 g/mol. The second kappa shape index (κ2) is 8.54. The Labute approximate surface area is 181 Å². The van der Waals surface area contributed by atoms with Gasteiger partial charge < -0.3 is 4.90 Å². The van der Waals surface area contributed by atoms with Gasteiger partial charge in [-0.1, -0.05) is 41.7 Å². The van der Waals surface area contributed by atoms with Gasteiger partial charge in [0.25, 0.3) is 5.91 Å². The number of carbonyl (C=O) groups excluding carboxylic acids is 1. The predicted octanol–water partition coefficient (Wildman–Crippen LogP) is 5.66. The molecule has 30 heavy (non-hydrogen) atoms. The Morgan fingerprint density at radius 2 is 1.67 bits per heavy atom. The van der Waals surface area contributed by atoms with Crippen molar-refractivity contribution < 1.29 is 4.79 Å². The molecule has 4 aromatic rings. The Bertz CT molecular complexity index is 1170. The maximum atomic E-state index is 13.6. The highest BCUT2D eigenvalue weighted by Gasteiger charge is 2.21. The zero-order valence-corrected chi connectivity index (χ0v) is 18.8. The van der Waals surface area contributed by atoms with Crippen LogP contribution in [0.15, 0.2) is 54.6 Å². The van der Waals surface area contributed by atoms with E-state index in [0.717, 1.165) is 39.1 Å². The number of benzene rings is 3. The van der Waals surface area contributed by atoms with Crippen molar-refractivity contribution >= 4 is 43.4 Å². The van der Waals surface area contributed by atoms with E-state index in [4.69, 9.17) is 4.98 Å². The van der Waals surface area contributed by atoms with E-state index in [1.54, 1.807) is 11.3 Å². The van der Waals surface area contributed by atoms with Gasteiger partial charge in [-0.3, -0.25) is 9.69 Å². The third-order valence-electron chi connectivity index (χ3n) is 5.45. The molecule has 5 heteroatoms. The van der Waals surface area contributed by atoms with Crippen molar-refractivity contribution in [3.05, 3.63) is 71.3 Å². The molecule has 0 N–H and O–H groups in total. The first-order valence-corrected chi connectivity index (χ1v) is 11.1. The van der Waals surface area contributed by atoms with Crippen LogP contribution in [-0.4, -0.2) is 43.0 Å². The summed E-state index contributed by atoms with van der Waals surface area (Å²) >= 11 is 1.59. The number of anilines is 1. The van der Waals surface area contributed by atoms with Gasteiger partial charge in [0.1, 0.15) is 0 Å². The fourth-order valence-electron chi connectivity index (χ4n) is 3.59. The van der Waals surface area contributed by atoms with Gasteiger partial charge in [-0.25, -0.2) is 4.98 Å². The topological polar surface area (TPSA) is 36.4 Å². The van der Waals surface area contributed by atoms with Gasteiger partial charge in [-0.05, 0) is 87.1 Å². The van der Waals surface area contributed by atoms with Gasteiger partial charge in [0.2, 0.25) is 0 Å². The second-order valence-corrected chi connectivity index (χ2v) is 9.09. The zero-order valence-electron chi connectivity index (χ0n) is 18.0. The lowest BCUT2D eigenvalue weighted by atomic mass is 10.1. The Balaban J connectivity index is 1.71. The average Bonchev–Trinajstić information content (AvgIpc) is 3.12. The van der Waals surface area contributed by atoms with Gasteiger partial charge >= 0.3 is 0 Å². The quantitative estimate of drug-likeness (QED) is 0.406. The molecule has 0 aliphatic carbocycles. The van der Waals surface area contributed by atoms with Crippen molar-refractivity contribution in [3.8, 4) is 0 Å². The summed E-state index contributed by atoms with van der Waals surface area (Å²) < 4.78 is 1.12. The number of aryl methyl sites for hydroxylation is 2. The van der Waals surface area contributed by atoms with E-state index in [-0.39, 0.29) is 5.91 Å². The summed E-state index contributed by atoms with van der Waals surface area (Å²) in [5.41, 5.74) is 4.13. The molecule has 1 aromatic heterocycles. The number of amides is 1. The van der Waals surface area contributed by atoms with Gasteiger partial charge in [-0.2, -0.15) is 0 Å². The first kappa shape index (κ1) is 20.5. The van der Waals surface area contributed by atoms with E-state index in [1.165, 1.54) is 11.1 Å². The third-order valence-corrected chi connectivity index (χ3v) is 6.49. The molecule has 0 atom stereocenters. The highest BCUT2D eigenvalue weighted by Crippen LogP contribution is 2.32. The van der Waals surface area contributed by atoms with Crippen LogP contribution in [0.5, 0.6) is 0 Å². The number of carbonyl (C=O) groups is 1. The van der Waals surface area contributed by atoms with Crippen molar-refractivity contribution in [2.45, 2.75) is 20.3 Å². The van der Waals surface area contributed by atoms with Gasteiger partial charge in [0, 0.05) is 12.1 Å². The van der Waals surface area contributed by atoms with Gasteiger partial charge in [0.05, 0.1) is 10.2 Å². The van der Waals surface area contributed by atoms with E-state index in [1.807, 2.05) is 41.3 Å². The second-order valence-electron chi connectivity index (χ2n) is 8.08. The largest absolute Gasteiger partial charge is 0.309 e. The first-order valence-electron chi connectivity index (χ1n) is 10.3. The van der Waals surface area contributed by atoms with E-state index in [9.17, 15) is 4.79 Å². The Hall–Kier alpha value is -2.76. The third kappa shape index (κ3) is 4.23. The van der Waals surface area contributed by atoms with Crippen molar-refractivity contribution in [2.75, 3.05) is 32.1 Å². The molecule has 1 amide bonds. The normalized spacial score (nSPS) is 11.5. The lowest BCUT2D eigenvalue weighted by Gasteiger charge is -2.21. The van der Waals surface area contributed by atoms with Crippen molar-refractivity contribution in [1.29, 1.82) is 0 Å². The number of fused-ring (bicyclic) bond motifs is 2. The predicted molar refractivity (Wildman–Crippen MR) is 128 cm³/mol. The summed E-state index contributed by atoms with van der Waals surface area (Å²) in [6, 6.07) is 18.3. The molecule has 3 aromatic carbocycles. The van der Waals surface area contributed by atoms with Crippen LogP contribution >= 0.6 is 11.3 Å². The van der Waals surface area contributed by atoms with Crippen LogP contribution in [0.4, 0.5) is 5.13 Å². The lowest BCUT2D eigenvalue weighted by molar-refractivity contribution is 0.0986. The molecule has 0 unspecified atom stereocenters. The molecule has 4 rings (SSSR count). The Morgan fingerprint density at radius 3 is 2.43 bits per heavy atom. The van der Waals surface area contributed by atoms with E-state index < -0.39 is 0 Å². The fourth-order valence-corrected chi connectivity index (χ4v) is 4.66. The van der Waals surface area contributed by atoms with Crippen LogP contribution in [0.1, 0.15) is 27.9 Å². The zero-order chi connectivity index (χ0) is 21.3. The van der Waals surface area contributed by atoms with E-state index in [2.05, 4.69) is 51.0 Å². The fraction of sp³-hybridized carbons (Fsp3) is 0.280. The molecular weight excluding hydrogens is 390 g/mol.